The van der Waals surface area contributed by atoms with Crippen molar-refractivity contribution in [1.82, 2.24) is 4.31 Å². The Hall–Kier alpha value is -1.00. The molecule has 2 atom stereocenters. The van der Waals surface area contributed by atoms with Crippen LogP contribution >= 0.6 is 0 Å². The summed E-state index contributed by atoms with van der Waals surface area (Å²) >= 11 is 0. The number of hydrogen-bond donors (Lipinski definition) is 2. The molecule has 0 bridgehead atoms. The van der Waals surface area contributed by atoms with Gasteiger partial charge >= 0.3 is 0 Å². The van der Waals surface area contributed by atoms with Crippen molar-refractivity contribution in [2.24, 2.45) is 0 Å². The van der Waals surface area contributed by atoms with Crippen LogP contribution in [0.5, 0.6) is 0 Å². The highest BCUT2D eigenvalue weighted by atomic mass is 32.2. The van der Waals surface area contributed by atoms with Crippen molar-refractivity contribution in [3.05, 3.63) is 29.3 Å². The molecule has 1 aliphatic rings. The van der Waals surface area contributed by atoms with Gasteiger partial charge in [0, 0.05) is 12.6 Å². The molecule has 2 rings (SSSR count). The highest BCUT2D eigenvalue weighted by molar-refractivity contribution is 7.92. The summed E-state index contributed by atoms with van der Waals surface area (Å²) in [5.41, 5.74) is 1.75. The fraction of sp³-hybridized carbons (Fsp3) is 0.600. The van der Waals surface area contributed by atoms with Crippen molar-refractivity contribution in [3.8, 4) is 0 Å². The number of sulfonamides is 1. The number of aliphatic hydroxyl groups is 2. The van der Waals surface area contributed by atoms with Gasteiger partial charge < -0.3 is 10.2 Å². The SMILES string of the molecule is Cc1ccc(S(=O)(=O)N(C[C@@H](O)CO)[C@@H]2CCS(=O)(=O)C2)cc1C. The molecule has 0 aromatic heterocycles. The Morgan fingerprint density at radius 1 is 1.29 bits per heavy atom. The maximum absolute atomic E-state index is 13.0. The monoisotopic (exact) mass is 377 g/mol. The predicted molar refractivity (Wildman–Crippen MR) is 90.0 cm³/mol. The van der Waals surface area contributed by atoms with Crippen LogP contribution in [0.1, 0.15) is 17.5 Å². The van der Waals surface area contributed by atoms with Crippen LogP contribution in [0, 0.1) is 13.8 Å². The number of sulfone groups is 1. The first-order valence-corrected chi connectivity index (χ1v) is 10.9. The Kier molecular flexibility index (Phi) is 5.71. The minimum Gasteiger partial charge on any atom is -0.394 e. The lowest BCUT2D eigenvalue weighted by Gasteiger charge is -2.29. The average molecular weight is 377 g/mol. The largest absolute Gasteiger partial charge is 0.394 e. The van der Waals surface area contributed by atoms with Gasteiger partial charge in [0.05, 0.1) is 29.1 Å². The molecule has 0 amide bonds. The lowest BCUT2D eigenvalue weighted by molar-refractivity contribution is 0.0730. The van der Waals surface area contributed by atoms with Crippen molar-refractivity contribution in [3.63, 3.8) is 0 Å². The van der Waals surface area contributed by atoms with Crippen LogP contribution in [0.25, 0.3) is 0 Å². The molecule has 0 radical (unpaired) electrons. The van der Waals surface area contributed by atoms with Crippen molar-refractivity contribution < 1.29 is 27.0 Å². The van der Waals surface area contributed by atoms with Gasteiger partial charge in [-0.3, -0.25) is 0 Å². The number of hydrogen-bond acceptors (Lipinski definition) is 6. The summed E-state index contributed by atoms with van der Waals surface area (Å²) in [4.78, 5) is 0.0556. The molecule has 136 valence electrons. The van der Waals surface area contributed by atoms with Crippen LogP contribution in [0.4, 0.5) is 0 Å². The summed E-state index contributed by atoms with van der Waals surface area (Å²) in [6.45, 7) is 2.72. The zero-order valence-electron chi connectivity index (χ0n) is 13.7. The van der Waals surface area contributed by atoms with Crippen LogP contribution in [0.3, 0.4) is 0 Å². The number of nitrogens with zero attached hydrogens (tertiary/aromatic N) is 1. The van der Waals surface area contributed by atoms with Gasteiger partial charge in [-0.25, -0.2) is 16.8 Å². The Bertz CT molecular complexity index is 803. The molecule has 1 aliphatic heterocycles. The fourth-order valence-corrected chi connectivity index (χ4v) is 6.32. The topological polar surface area (TPSA) is 112 Å². The van der Waals surface area contributed by atoms with E-state index in [1.807, 2.05) is 6.92 Å². The standard InChI is InChI=1S/C15H23NO6S2/c1-11-3-4-15(7-12(11)2)24(21,22)16(8-14(18)9-17)13-5-6-23(19,20)10-13/h3-4,7,13-14,17-18H,5-6,8-10H2,1-2H3/t13-,14-/m1/s1. The predicted octanol–water partition coefficient (Wildman–Crippen LogP) is -0.166. The highest BCUT2D eigenvalue weighted by Crippen LogP contribution is 2.26. The van der Waals surface area contributed by atoms with Gasteiger partial charge in [-0.15, -0.1) is 0 Å². The second-order valence-electron chi connectivity index (χ2n) is 6.21. The molecule has 0 unspecified atom stereocenters. The zero-order chi connectivity index (χ0) is 18.1. The Balaban J connectivity index is 2.42. The molecular formula is C15H23NO6S2. The molecule has 0 saturated carbocycles. The van der Waals surface area contributed by atoms with Gasteiger partial charge in [0.1, 0.15) is 0 Å². The third-order valence-corrected chi connectivity index (χ3v) is 7.97. The van der Waals surface area contributed by atoms with Crippen LogP contribution < -0.4 is 0 Å². The average Bonchev–Trinajstić information content (AvgIpc) is 2.86. The summed E-state index contributed by atoms with van der Waals surface area (Å²) in [5, 5.41) is 18.8. The van der Waals surface area contributed by atoms with Crippen molar-refractivity contribution in [2.75, 3.05) is 24.7 Å². The fourth-order valence-electron chi connectivity index (χ4n) is 2.72. The van der Waals surface area contributed by atoms with Crippen molar-refractivity contribution >= 4 is 19.9 Å². The quantitative estimate of drug-likeness (QED) is 0.712. The molecule has 1 heterocycles. The van der Waals surface area contributed by atoms with Crippen molar-refractivity contribution in [1.29, 1.82) is 0 Å². The number of aryl methyl sites for hydroxylation is 2. The Morgan fingerprint density at radius 2 is 1.96 bits per heavy atom. The molecule has 1 fully saturated rings. The first kappa shape index (κ1) is 19.3. The van der Waals surface area contributed by atoms with E-state index in [1.54, 1.807) is 13.0 Å². The summed E-state index contributed by atoms with van der Waals surface area (Å²) < 4.78 is 50.4. The second-order valence-corrected chi connectivity index (χ2v) is 10.3. The lowest BCUT2D eigenvalue weighted by atomic mass is 10.1. The molecule has 0 aliphatic carbocycles. The van der Waals surface area contributed by atoms with Gasteiger partial charge in [0.25, 0.3) is 0 Å². The molecule has 1 aromatic carbocycles. The highest BCUT2D eigenvalue weighted by Gasteiger charge is 2.39. The van der Waals surface area contributed by atoms with E-state index in [1.165, 1.54) is 12.1 Å². The number of benzene rings is 1. The molecule has 24 heavy (non-hydrogen) atoms. The van der Waals surface area contributed by atoms with E-state index in [0.29, 0.717) is 0 Å². The Morgan fingerprint density at radius 3 is 2.46 bits per heavy atom. The molecular weight excluding hydrogens is 354 g/mol. The summed E-state index contributed by atoms with van der Waals surface area (Å²) in [5.74, 6) is -0.346. The van der Waals surface area contributed by atoms with Crippen molar-refractivity contribution in [2.45, 2.75) is 37.3 Å². The molecule has 1 aromatic rings. The Labute approximate surface area is 142 Å². The lowest BCUT2D eigenvalue weighted by Crippen LogP contribution is -2.46. The van der Waals surface area contributed by atoms with E-state index in [2.05, 4.69) is 0 Å². The van der Waals surface area contributed by atoms with E-state index in [4.69, 9.17) is 5.11 Å². The van der Waals surface area contributed by atoms with Crippen LogP contribution in [0.15, 0.2) is 23.1 Å². The van der Waals surface area contributed by atoms with E-state index >= 15 is 0 Å². The molecule has 7 nitrogen and oxygen atoms in total. The summed E-state index contributed by atoms with van der Waals surface area (Å²) in [6.07, 6.45) is -1.08. The van der Waals surface area contributed by atoms with E-state index in [9.17, 15) is 21.9 Å². The maximum atomic E-state index is 13.0. The smallest absolute Gasteiger partial charge is 0.243 e. The summed E-state index contributed by atoms with van der Waals surface area (Å²) in [6, 6.07) is 3.96. The van der Waals surface area contributed by atoms with Gasteiger partial charge in [-0.2, -0.15) is 4.31 Å². The van der Waals surface area contributed by atoms with Gasteiger partial charge in [0.15, 0.2) is 9.84 Å². The van der Waals surface area contributed by atoms with Gasteiger partial charge in [-0.1, -0.05) is 6.07 Å². The zero-order valence-corrected chi connectivity index (χ0v) is 15.3. The first-order valence-electron chi connectivity index (χ1n) is 7.65. The minimum absolute atomic E-state index is 0.0556. The van der Waals surface area contributed by atoms with Crippen LogP contribution in [-0.2, 0) is 19.9 Å². The number of rotatable bonds is 6. The summed E-state index contributed by atoms with van der Waals surface area (Å²) in [7, 11) is -7.27. The van der Waals surface area contributed by atoms with E-state index in [0.717, 1.165) is 15.4 Å². The van der Waals surface area contributed by atoms with Crippen LogP contribution in [-0.4, -0.2) is 68.2 Å². The van der Waals surface area contributed by atoms with E-state index in [-0.39, 0.29) is 29.4 Å². The molecule has 9 heteroatoms. The third kappa shape index (κ3) is 4.15. The minimum atomic E-state index is -3.98. The van der Waals surface area contributed by atoms with E-state index < -0.39 is 38.6 Å². The molecule has 2 N–H and O–H groups in total. The van der Waals surface area contributed by atoms with Gasteiger partial charge in [-0.05, 0) is 43.5 Å². The second kappa shape index (κ2) is 7.09. The molecule has 0 spiro atoms. The van der Waals surface area contributed by atoms with Crippen LogP contribution in [0.2, 0.25) is 0 Å². The maximum Gasteiger partial charge on any atom is 0.243 e. The normalized spacial score (nSPS) is 22.0. The first-order chi connectivity index (χ1) is 11.1. The third-order valence-electron chi connectivity index (χ3n) is 4.30. The molecule has 1 saturated heterocycles. The van der Waals surface area contributed by atoms with Gasteiger partial charge in [0.2, 0.25) is 10.0 Å². The number of aliphatic hydroxyl groups excluding tert-OH is 2.